The quantitative estimate of drug-likeness (QED) is 0.134. The van der Waals surface area contributed by atoms with E-state index in [2.05, 4.69) is 37.9 Å². The van der Waals surface area contributed by atoms with Gasteiger partial charge in [-0.3, -0.25) is 0 Å². The minimum absolute atomic E-state index is 0. The number of hydrogen-bond donors (Lipinski definition) is 6. The van der Waals surface area contributed by atoms with E-state index in [4.69, 9.17) is 17.2 Å². The zero-order chi connectivity index (χ0) is 15.0. The van der Waals surface area contributed by atoms with Gasteiger partial charge in [-0.15, -0.1) is 0 Å². The molecule has 14 N–H and O–H groups in total. The molecule has 0 bridgehead atoms. The Morgan fingerprint density at radius 1 is 0.412 bits per heavy atom. The summed E-state index contributed by atoms with van der Waals surface area (Å²) >= 11 is 11.2. The van der Waals surface area contributed by atoms with Gasteiger partial charge in [0.15, 0.2) is 0 Å². The van der Waals surface area contributed by atoms with Gasteiger partial charge in [-0.05, 0) is 0 Å². The molecule has 236 valence electrons. The van der Waals surface area contributed by atoms with Gasteiger partial charge in [0.25, 0.3) is 0 Å². The molecular formula is C21H77N7O3S3-4. The number of aldehydes is 3. The standard InChI is InChI=1S/3C3H7NOS.12CH4.4H2N/c3*4-3(1-5)2-6;;;;;;;;;;;;;;;;/h3*1,3,6H,2,4H2;12*1H4;4*1H2/q;;;;;;;;;;;;;;;4*-1/t3*3-;;;;;;;;;;;;;;;;/m111................/s1. The van der Waals surface area contributed by atoms with Crippen LogP contribution in [-0.2, 0) is 14.4 Å². The topological polar surface area (TPSA) is 263 Å². The summed E-state index contributed by atoms with van der Waals surface area (Å²) in [5.74, 6) is 1.30. The van der Waals surface area contributed by atoms with Crippen molar-refractivity contribution in [2.45, 2.75) is 107 Å². The normalized spacial score (nSPS) is 7.24. The van der Waals surface area contributed by atoms with Crippen LogP contribution in [0.1, 0.15) is 89.1 Å². The highest BCUT2D eigenvalue weighted by atomic mass is 32.1. The van der Waals surface area contributed by atoms with E-state index < -0.39 is 0 Å². The second-order valence-electron chi connectivity index (χ2n) is 2.95. The lowest BCUT2D eigenvalue weighted by atomic mass is 10.4. The van der Waals surface area contributed by atoms with Gasteiger partial charge in [0.05, 0.1) is 18.1 Å². The molecule has 0 aliphatic carbocycles. The van der Waals surface area contributed by atoms with Crippen LogP contribution in [0.25, 0.3) is 24.6 Å². The van der Waals surface area contributed by atoms with E-state index in [0.717, 1.165) is 0 Å². The van der Waals surface area contributed by atoms with E-state index in [0.29, 0.717) is 36.1 Å². The van der Waals surface area contributed by atoms with Gasteiger partial charge in [0, 0.05) is 17.3 Å². The van der Waals surface area contributed by atoms with Gasteiger partial charge in [-0.1, -0.05) is 89.1 Å². The van der Waals surface area contributed by atoms with Crippen molar-refractivity contribution >= 4 is 56.7 Å². The molecule has 13 heteroatoms. The SMILES string of the molecule is C.C.C.C.C.C.C.C.C.C.C.C.N[C@H](C=O)CS.N[C@H](C=O)CS.N[C@H](C=O)CS.[NH2-].[NH2-].[NH2-].[NH2-]. The summed E-state index contributed by atoms with van der Waals surface area (Å²) in [6.45, 7) is 0. The van der Waals surface area contributed by atoms with Crippen molar-refractivity contribution in [3.05, 3.63) is 24.6 Å². The fourth-order valence-corrected chi connectivity index (χ4v) is 0.387. The molecule has 10 nitrogen and oxygen atoms in total. The predicted octanol–water partition coefficient (Wildman–Crippen LogP) is 8.83. The number of carbonyl (C=O) groups excluding carboxylic acids is 3. The average Bonchev–Trinajstić information content (AvgIpc) is 2.45. The molecule has 0 aromatic carbocycles. The van der Waals surface area contributed by atoms with Crippen LogP contribution < -0.4 is 17.2 Å². The molecule has 0 unspecified atom stereocenters. The second-order valence-corrected chi connectivity index (χ2v) is 4.04. The minimum Gasteiger partial charge on any atom is -0.693 e. The lowest BCUT2D eigenvalue weighted by Gasteiger charge is -1.90. The van der Waals surface area contributed by atoms with E-state index in [-0.39, 0.29) is 132 Å². The van der Waals surface area contributed by atoms with Crippen molar-refractivity contribution in [2.75, 3.05) is 17.3 Å². The van der Waals surface area contributed by atoms with Crippen LogP contribution in [0, 0.1) is 0 Å². The van der Waals surface area contributed by atoms with Crippen molar-refractivity contribution in [1.29, 1.82) is 0 Å². The van der Waals surface area contributed by atoms with Gasteiger partial charge in [-0.2, -0.15) is 37.9 Å². The number of hydrogen-bond acceptors (Lipinski definition) is 9. The summed E-state index contributed by atoms with van der Waals surface area (Å²) in [4.78, 5) is 28.7. The van der Waals surface area contributed by atoms with Crippen LogP contribution in [0.3, 0.4) is 0 Å². The van der Waals surface area contributed by atoms with Crippen molar-refractivity contribution in [1.82, 2.24) is 0 Å². The third-order valence-corrected chi connectivity index (χ3v) is 2.42. The smallest absolute Gasteiger partial charge is 0.137 e. The fourth-order valence-electron chi connectivity index (χ4n) is 0.129. The van der Waals surface area contributed by atoms with Crippen molar-refractivity contribution < 1.29 is 14.4 Å². The Hall–Kier alpha value is -0.220. The van der Waals surface area contributed by atoms with E-state index in [1.807, 2.05) is 0 Å². The highest BCUT2D eigenvalue weighted by Crippen LogP contribution is 1.74. The number of rotatable bonds is 6. The van der Waals surface area contributed by atoms with Crippen LogP contribution in [-0.4, -0.2) is 54.2 Å². The monoisotopic (exact) mass is 572 g/mol. The molecule has 0 amide bonds. The summed E-state index contributed by atoms with van der Waals surface area (Å²) in [5.41, 5.74) is 15.1. The minimum atomic E-state index is -0.381. The summed E-state index contributed by atoms with van der Waals surface area (Å²) in [6, 6.07) is -1.14. The first kappa shape index (κ1) is 166. The molecule has 0 aliphatic heterocycles. The Morgan fingerprint density at radius 3 is 0.500 bits per heavy atom. The maximum absolute atomic E-state index is 9.56. The van der Waals surface area contributed by atoms with E-state index >= 15 is 0 Å². The lowest BCUT2D eigenvalue weighted by Crippen LogP contribution is -2.22. The molecule has 0 aromatic heterocycles. The number of carbonyl (C=O) groups is 3. The van der Waals surface area contributed by atoms with Gasteiger partial charge < -0.3 is 56.2 Å². The molecule has 0 saturated carbocycles. The Morgan fingerprint density at radius 2 is 0.500 bits per heavy atom. The zero-order valence-corrected chi connectivity index (χ0v) is 14.9. The molecule has 3 atom stereocenters. The molecular weight excluding hydrogens is 494 g/mol. The average molecular weight is 572 g/mol. The van der Waals surface area contributed by atoms with Gasteiger partial charge >= 0.3 is 0 Å². The van der Waals surface area contributed by atoms with Crippen LogP contribution >= 0.6 is 37.9 Å². The number of thiol groups is 3. The first-order chi connectivity index (χ1) is 8.42. The Labute approximate surface area is 237 Å². The molecule has 0 heterocycles. The molecule has 0 fully saturated rings. The molecule has 0 spiro atoms. The third-order valence-electron chi connectivity index (χ3n) is 1.16. The van der Waals surface area contributed by atoms with Crippen LogP contribution in [0.5, 0.6) is 0 Å². The third kappa shape index (κ3) is 217. The van der Waals surface area contributed by atoms with E-state index in [1.165, 1.54) is 0 Å². The Bertz CT molecular complexity index is 197. The van der Waals surface area contributed by atoms with Gasteiger partial charge in [0.2, 0.25) is 0 Å². The maximum Gasteiger partial charge on any atom is 0.137 e. The Kier molecular flexibility index (Phi) is 741. The van der Waals surface area contributed by atoms with Crippen LogP contribution in [0.15, 0.2) is 0 Å². The van der Waals surface area contributed by atoms with Crippen molar-refractivity contribution in [2.24, 2.45) is 17.2 Å². The predicted molar refractivity (Wildman–Crippen MR) is 186 cm³/mol. The maximum atomic E-state index is 9.56. The largest absolute Gasteiger partial charge is 0.693 e. The summed E-state index contributed by atoms with van der Waals surface area (Å²) in [7, 11) is 0. The molecule has 34 heavy (non-hydrogen) atoms. The molecule has 0 aliphatic rings. The molecule has 0 rings (SSSR count). The van der Waals surface area contributed by atoms with E-state index in [1.54, 1.807) is 0 Å². The molecule has 0 radical (unpaired) electrons. The second kappa shape index (κ2) is 152. The van der Waals surface area contributed by atoms with Gasteiger partial charge in [-0.25, -0.2) is 0 Å². The zero-order valence-electron chi connectivity index (χ0n) is 12.2. The van der Waals surface area contributed by atoms with Gasteiger partial charge in [0.1, 0.15) is 18.9 Å². The summed E-state index contributed by atoms with van der Waals surface area (Å²) in [5, 5.41) is 0. The highest BCUT2D eigenvalue weighted by molar-refractivity contribution is 7.80. The first-order valence-corrected chi connectivity index (χ1v) is 6.78. The Balaban J connectivity index is -0.00000000473. The molecule has 0 aromatic rings. The number of nitrogens with two attached hydrogens (primary N) is 7. The van der Waals surface area contributed by atoms with Crippen molar-refractivity contribution in [3.8, 4) is 0 Å². The highest BCUT2D eigenvalue weighted by Gasteiger charge is 1.90. The van der Waals surface area contributed by atoms with Crippen LogP contribution in [0.4, 0.5) is 0 Å². The fraction of sp³-hybridized carbons (Fsp3) is 0.857. The lowest BCUT2D eigenvalue weighted by molar-refractivity contribution is -0.109. The molecule has 0 saturated heterocycles. The van der Waals surface area contributed by atoms with E-state index in [9.17, 15) is 14.4 Å². The summed E-state index contributed by atoms with van der Waals surface area (Å²) in [6.07, 6.45) is 2.02. The first-order valence-electron chi connectivity index (χ1n) is 4.88. The van der Waals surface area contributed by atoms with Crippen LogP contribution in [0.2, 0.25) is 0 Å². The summed E-state index contributed by atoms with van der Waals surface area (Å²) < 4.78 is 0. The van der Waals surface area contributed by atoms with Crippen molar-refractivity contribution in [3.63, 3.8) is 0 Å².